The molecule has 3 aromatic carbocycles. The van der Waals surface area contributed by atoms with Gasteiger partial charge in [0, 0.05) is 49.1 Å². The fraction of sp³-hybridized carbons (Fsp3) is 0.679. The third-order valence-electron chi connectivity index (χ3n) is 23.0. The highest BCUT2D eigenvalue weighted by Gasteiger charge is 2.47. The molecule has 4 amide bonds. The zero-order valence-corrected chi connectivity index (χ0v) is 58.6. The first kappa shape index (κ1) is 69.4. The minimum Gasteiger partial charge on any atom is -0.349 e. The van der Waals surface area contributed by atoms with Crippen LogP contribution in [0.3, 0.4) is 0 Å². The van der Waals surface area contributed by atoms with Crippen LogP contribution in [0.4, 0.5) is 4.39 Å². The van der Waals surface area contributed by atoms with Crippen molar-refractivity contribution in [1.29, 1.82) is 0 Å². The van der Waals surface area contributed by atoms with Crippen molar-refractivity contribution in [2.24, 2.45) is 29.2 Å². The number of aromatic nitrogens is 2. The van der Waals surface area contributed by atoms with E-state index in [0.717, 1.165) is 121 Å². The maximum Gasteiger partial charge on any atom is 0.254 e. The fourth-order valence-electron chi connectivity index (χ4n) is 17.0. The van der Waals surface area contributed by atoms with Crippen LogP contribution >= 0.6 is 0 Å². The molecular weight excluding hydrogens is 1150 g/mol. The van der Waals surface area contributed by atoms with Crippen LogP contribution in [-0.2, 0) is 37.7 Å². The minimum absolute atomic E-state index is 0. The summed E-state index contributed by atoms with van der Waals surface area (Å²) in [4.78, 5) is 62.1. The molecule has 0 bridgehead atoms. The Hall–Kier alpha value is -5.44. The van der Waals surface area contributed by atoms with Gasteiger partial charge in [-0.15, -0.1) is 0 Å². The van der Waals surface area contributed by atoms with E-state index < -0.39 is 0 Å². The SMILES string of the molecule is CC(=O)N1CCCC(C(=O)N[C@H]2CCC3(CCN(CCC(C)(C)C)CC3)c3cc(F)ccc32)C1.CC(C)(C)CCN1CCC2(CC[C@H](N3CCCCC3=O)c3ccccc32)CC1.Cn1cc(C(=O)N[C@H]2CCC3(CCN(CCC(C)(C)C)CC3)c3ccccc32)cn1.[HH].[HH]. The van der Waals surface area contributed by atoms with Crippen LogP contribution in [0.1, 0.15) is 262 Å². The summed E-state index contributed by atoms with van der Waals surface area (Å²) in [5.74, 6) is 0.0499. The summed E-state index contributed by atoms with van der Waals surface area (Å²) < 4.78 is 16.1. The lowest BCUT2D eigenvalue weighted by Gasteiger charge is -2.49. The minimum atomic E-state index is -0.190. The Labute approximate surface area is 556 Å². The molecule has 3 aliphatic carbocycles. The van der Waals surface area contributed by atoms with Gasteiger partial charge in [-0.2, -0.15) is 5.10 Å². The van der Waals surface area contributed by atoms with Gasteiger partial charge < -0.3 is 35.1 Å². The van der Waals surface area contributed by atoms with Crippen molar-refractivity contribution in [2.75, 3.05) is 78.5 Å². The van der Waals surface area contributed by atoms with Gasteiger partial charge in [-0.05, 0) is 259 Å². The number of benzene rings is 3. The third kappa shape index (κ3) is 17.1. The van der Waals surface area contributed by atoms with E-state index in [1.165, 1.54) is 113 Å². The highest BCUT2D eigenvalue weighted by atomic mass is 19.1. The summed E-state index contributed by atoms with van der Waals surface area (Å²) in [6.07, 6.45) is 25.2. The number of halogens is 1. The monoisotopic (exact) mass is 1270 g/mol. The molecule has 1 unspecified atom stereocenters. The number of hydrogen-bond acceptors (Lipinski definition) is 8. The second kappa shape index (κ2) is 29.3. The van der Waals surface area contributed by atoms with E-state index in [1.807, 2.05) is 13.1 Å². The van der Waals surface area contributed by atoms with Gasteiger partial charge in [-0.25, -0.2) is 4.39 Å². The Kier molecular flexibility index (Phi) is 22.1. The molecule has 8 aliphatic rings. The lowest BCUT2D eigenvalue weighted by atomic mass is 9.63. The second-order valence-electron chi connectivity index (χ2n) is 33.2. The van der Waals surface area contributed by atoms with Crippen LogP contribution in [0, 0.1) is 28.0 Å². The van der Waals surface area contributed by atoms with Crippen molar-refractivity contribution in [1.82, 2.24) is 44.9 Å². The number of rotatable bonds is 11. The smallest absolute Gasteiger partial charge is 0.254 e. The number of hydrogen-bond donors (Lipinski definition) is 2. The van der Waals surface area contributed by atoms with Crippen molar-refractivity contribution in [3.8, 4) is 0 Å². The van der Waals surface area contributed by atoms with E-state index in [-0.39, 0.29) is 55.2 Å². The average Bonchev–Trinajstić information content (AvgIpc) is 1.50. The molecule has 508 valence electrons. The van der Waals surface area contributed by atoms with Crippen LogP contribution in [0.25, 0.3) is 0 Å². The largest absolute Gasteiger partial charge is 0.349 e. The number of nitrogens with one attached hydrogen (secondary N) is 2. The molecule has 12 rings (SSSR count). The molecule has 1 aromatic heterocycles. The average molecular weight is 1270 g/mol. The third-order valence-corrected chi connectivity index (χ3v) is 23.0. The fourth-order valence-corrected chi connectivity index (χ4v) is 17.0. The number of fused-ring (bicyclic) bond motifs is 6. The Morgan fingerprint density at radius 3 is 1.58 bits per heavy atom. The standard InChI is InChI=1S/C28H42FN3O2.C25H36N4O.C25H38N2O.2H2/c1-20(33)32-14-5-6-21(19-32)26(34)30-25-9-10-28(24-18-22(29)7-8-23(24)25)12-16-31(17-13-28)15-11-27(2,3)4;1-24(2,3)11-14-29-15-12-25(13-16-29)10-9-22(20-7-5-6-8-21(20)25)27-23(30)19-17-26-28(4)18-19;1-24(2,3)13-17-26-18-14-25(15-19-26)12-11-22(20-8-4-5-9-21(20)25)27-16-7-6-10-23(27)28;;/h7-8,18,21,25H,5-6,9-17,19H2,1-4H3,(H,30,34);5-8,17-18,22H,9-16H2,1-4H3,(H,27,30);4-5,8-9,22H,6-7,10-19H2,1-3H3;2*1H/t21?,25-;2*22-;;/m000../s1. The molecule has 14 heteroatoms. The molecular formula is C78H120FN9O4. The first-order valence-corrected chi connectivity index (χ1v) is 36.0. The number of amides is 4. The topological polar surface area (TPSA) is 126 Å². The molecule has 0 radical (unpaired) electrons. The van der Waals surface area contributed by atoms with Crippen LogP contribution < -0.4 is 10.6 Å². The molecule has 5 saturated heterocycles. The van der Waals surface area contributed by atoms with Crippen molar-refractivity contribution in [3.05, 3.63) is 124 Å². The van der Waals surface area contributed by atoms with Gasteiger partial charge >= 0.3 is 0 Å². The number of aryl methyl sites for hydroxylation is 1. The molecule has 2 N–H and O–H groups in total. The second-order valence-corrected chi connectivity index (χ2v) is 33.2. The lowest BCUT2D eigenvalue weighted by Crippen LogP contribution is -2.48. The maximum absolute atomic E-state index is 14.4. The molecule has 5 aliphatic heterocycles. The van der Waals surface area contributed by atoms with Crippen molar-refractivity contribution >= 4 is 23.6 Å². The molecule has 4 atom stereocenters. The van der Waals surface area contributed by atoms with Crippen molar-refractivity contribution in [3.63, 3.8) is 0 Å². The van der Waals surface area contributed by atoms with E-state index in [9.17, 15) is 23.6 Å². The normalized spacial score (nSPS) is 24.1. The van der Waals surface area contributed by atoms with Gasteiger partial charge in [0.25, 0.3) is 5.91 Å². The zero-order chi connectivity index (χ0) is 65.6. The highest BCUT2D eigenvalue weighted by molar-refractivity contribution is 5.94. The highest BCUT2D eigenvalue weighted by Crippen LogP contribution is 2.52. The van der Waals surface area contributed by atoms with E-state index in [4.69, 9.17) is 0 Å². The molecule has 6 heterocycles. The quantitative estimate of drug-likeness (QED) is 0.152. The van der Waals surface area contributed by atoms with Crippen LogP contribution in [0.2, 0.25) is 0 Å². The Morgan fingerprint density at radius 1 is 0.576 bits per heavy atom. The Bertz CT molecular complexity index is 3160. The van der Waals surface area contributed by atoms with Crippen molar-refractivity contribution < 1.29 is 26.4 Å². The van der Waals surface area contributed by atoms with E-state index in [2.05, 4.69) is 146 Å². The molecule has 3 spiro atoms. The van der Waals surface area contributed by atoms with E-state index in [0.29, 0.717) is 45.7 Å². The van der Waals surface area contributed by atoms with Gasteiger partial charge in [-0.3, -0.25) is 23.9 Å². The Morgan fingerprint density at radius 2 is 1.07 bits per heavy atom. The van der Waals surface area contributed by atoms with Crippen LogP contribution in [-0.4, -0.2) is 136 Å². The summed E-state index contributed by atoms with van der Waals surface area (Å²) in [6, 6.07) is 23.4. The summed E-state index contributed by atoms with van der Waals surface area (Å²) in [6.45, 7) is 35.1. The predicted octanol–water partition coefficient (Wildman–Crippen LogP) is 15.1. The van der Waals surface area contributed by atoms with E-state index in [1.54, 1.807) is 40.5 Å². The summed E-state index contributed by atoms with van der Waals surface area (Å²) in [7, 11) is 1.84. The Balaban J connectivity index is 0.000000180. The van der Waals surface area contributed by atoms with Crippen LogP contribution in [0.15, 0.2) is 79.1 Å². The number of nitrogens with zero attached hydrogens (tertiary/aromatic N) is 7. The number of likely N-dealkylation sites (tertiary alicyclic amines) is 5. The lowest BCUT2D eigenvalue weighted by molar-refractivity contribution is -0.137. The summed E-state index contributed by atoms with van der Waals surface area (Å²) in [5.41, 5.74) is 10.4. The first-order chi connectivity index (χ1) is 43.7. The summed E-state index contributed by atoms with van der Waals surface area (Å²) in [5, 5.41) is 10.7. The van der Waals surface area contributed by atoms with Crippen molar-refractivity contribution in [2.45, 2.75) is 232 Å². The van der Waals surface area contributed by atoms with Gasteiger partial charge in [0.2, 0.25) is 17.7 Å². The number of carbonyl (C=O) groups is 4. The zero-order valence-electron chi connectivity index (χ0n) is 58.6. The van der Waals surface area contributed by atoms with Gasteiger partial charge in [0.15, 0.2) is 0 Å². The molecule has 13 nitrogen and oxygen atoms in total. The van der Waals surface area contributed by atoms with Gasteiger partial charge in [-0.1, -0.05) is 117 Å². The molecule has 92 heavy (non-hydrogen) atoms. The molecule has 0 saturated carbocycles. The summed E-state index contributed by atoms with van der Waals surface area (Å²) >= 11 is 0. The number of carbonyl (C=O) groups excluding carboxylic acids is 4. The first-order valence-electron chi connectivity index (χ1n) is 36.0. The molecule has 5 fully saturated rings. The maximum atomic E-state index is 14.4. The predicted molar refractivity (Wildman–Crippen MR) is 373 cm³/mol. The van der Waals surface area contributed by atoms with Gasteiger partial charge in [0.05, 0.1) is 35.8 Å². The number of piperidine rings is 5. The van der Waals surface area contributed by atoms with E-state index >= 15 is 0 Å². The molecule has 4 aromatic rings. The van der Waals surface area contributed by atoms with Crippen LogP contribution in [0.5, 0.6) is 0 Å². The van der Waals surface area contributed by atoms with Gasteiger partial charge in [0.1, 0.15) is 5.82 Å².